The summed E-state index contributed by atoms with van der Waals surface area (Å²) in [6.07, 6.45) is 6.61. The van der Waals surface area contributed by atoms with Crippen LogP contribution in [0.25, 0.3) is 0 Å². The van der Waals surface area contributed by atoms with Crippen molar-refractivity contribution >= 4 is 11.6 Å². The van der Waals surface area contributed by atoms with Crippen molar-refractivity contribution in [3.8, 4) is 0 Å². The molecule has 1 aliphatic rings. The number of amides is 1. The lowest BCUT2D eigenvalue weighted by Gasteiger charge is -2.22. The third-order valence-electron chi connectivity index (χ3n) is 4.56. The Morgan fingerprint density at radius 2 is 1.55 bits per heavy atom. The van der Waals surface area contributed by atoms with Gasteiger partial charge in [-0.25, -0.2) is 0 Å². The molecule has 1 fully saturated rings. The summed E-state index contributed by atoms with van der Waals surface area (Å²) in [4.78, 5) is 12.3. The molecule has 2 heteroatoms. The lowest BCUT2D eigenvalue weighted by molar-refractivity contribution is 0.102. The van der Waals surface area contributed by atoms with Gasteiger partial charge in [0, 0.05) is 11.3 Å². The van der Waals surface area contributed by atoms with Crippen molar-refractivity contribution in [1.29, 1.82) is 0 Å². The predicted octanol–water partition coefficient (Wildman–Crippen LogP) is 5.30. The Kier molecular flexibility index (Phi) is 4.57. The van der Waals surface area contributed by atoms with E-state index in [9.17, 15) is 4.79 Å². The van der Waals surface area contributed by atoms with E-state index in [0.717, 1.165) is 11.3 Å². The second-order valence-corrected chi connectivity index (χ2v) is 6.28. The first-order valence-corrected chi connectivity index (χ1v) is 8.20. The summed E-state index contributed by atoms with van der Waals surface area (Å²) in [5.74, 6) is 0.641. The van der Waals surface area contributed by atoms with Gasteiger partial charge in [-0.2, -0.15) is 0 Å². The van der Waals surface area contributed by atoms with Gasteiger partial charge in [0.2, 0.25) is 0 Å². The molecule has 1 saturated carbocycles. The normalized spacial score (nSPS) is 15.5. The number of hydrogen-bond donors (Lipinski definition) is 1. The van der Waals surface area contributed by atoms with Crippen LogP contribution < -0.4 is 5.32 Å². The zero-order valence-corrected chi connectivity index (χ0v) is 13.1. The van der Waals surface area contributed by atoms with E-state index in [1.54, 1.807) is 0 Å². The predicted molar refractivity (Wildman–Crippen MR) is 91.4 cm³/mol. The molecular weight excluding hydrogens is 270 g/mol. The van der Waals surface area contributed by atoms with Crippen molar-refractivity contribution in [2.24, 2.45) is 0 Å². The van der Waals surface area contributed by atoms with Crippen LogP contribution in [0.4, 0.5) is 5.69 Å². The monoisotopic (exact) mass is 293 g/mol. The number of benzene rings is 2. The first-order valence-electron chi connectivity index (χ1n) is 8.20. The number of aryl methyl sites for hydroxylation is 1. The maximum absolute atomic E-state index is 12.3. The van der Waals surface area contributed by atoms with E-state index in [0.29, 0.717) is 5.92 Å². The molecule has 2 nitrogen and oxygen atoms in total. The minimum Gasteiger partial charge on any atom is -0.322 e. The fourth-order valence-electron chi connectivity index (χ4n) is 3.18. The second-order valence-electron chi connectivity index (χ2n) is 6.28. The SMILES string of the molecule is Cc1ccc(NC(=O)c2ccc(C3CCCCC3)cc2)cc1. The van der Waals surface area contributed by atoms with Crippen molar-refractivity contribution in [2.75, 3.05) is 5.32 Å². The van der Waals surface area contributed by atoms with E-state index in [1.165, 1.54) is 43.2 Å². The largest absolute Gasteiger partial charge is 0.322 e. The van der Waals surface area contributed by atoms with Crippen molar-refractivity contribution in [3.63, 3.8) is 0 Å². The molecule has 0 aliphatic heterocycles. The number of hydrogen-bond acceptors (Lipinski definition) is 1. The molecule has 2 aromatic carbocycles. The number of carbonyl (C=O) groups is 1. The Hall–Kier alpha value is -2.09. The van der Waals surface area contributed by atoms with Crippen LogP contribution in [0.15, 0.2) is 48.5 Å². The molecule has 1 amide bonds. The molecule has 114 valence electrons. The second kappa shape index (κ2) is 6.78. The summed E-state index contributed by atoms with van der Waals surface area (Å²) in [6.45, 7) is 2.04. The highest BCUT2D eigenvalue weighted by atomic mass is 16.1. The molecule has 0 atom stereocenters. The highest BCUT2D eigenvalue weighted by molar-refractivity contribution is 6.04. The molecule has 0 radical (unpaired) electrons. The van der Waals surface area contributed by atoms with Gasteiger partial charge in [-0.1, -0.05) is 49.1 Å². The third kappa shape index (κ3) is 3.56. The zero-order chi connectivity index (χ0) is 15.4. The van der Waals surface area contributed by atoms with Crippen LogP contribution in [-0.4, -0.2) is 5.91 Å². The van der Waals surface area contributed by atoms with Crippen LogP contribution in [0.1, 0.15) is 59.5 Å². The quantitative estimate of drug-likeness (QED) is 0.818. The Balaban J connectivity index is 1.66. The summed E-state index contributed by atoms with van der Waals surface area (Å²) < 4.78 is 0. The molecule has 0 unspecified atom stereocenters. The molecule has 0 heterocycles. The first kappa shape index (κ1) is 14.8. The van der Waals surface area contributed by atoms with Gasteiger partial charge in [0.05, 0.1) is 0 Å². The topological polar surface area (TPSA) is 29.1 Å². The van der Waals surface area contributed by atoms with Crippen molar-refractivity contribution in [1.82, 2.24) is 0 Å². The first-order chi connectivity index (χ1) is 10.7. The summed E-state index contributed by atoms with van der Waals surface area (Å²) in [5.41, 5.74) is 4.13. The van der Waals surface area contributed by atoms with E-state index in [-0.39, 0.29) is 5.91 Å². The van der Waals surface area contributed by atoms with Crippen LogP contribution in [0.2, 0.25) is 0 Å². The van der Waals surface area contributed by atoms with Crippen LogP contribution in [0, 0.1) is 6.92 Å². The maximum Gasteiger partial charge on any atom is 0.255 e. The molecule has 2 aromatic rings. The summed E-state index contributed by atoms with van der Waals surface area (Å²) in [6, 6.07) is 16.0. The lowest BCUT2D eigenvalue weighted by atomic mass is 9.84. The van der Waals surface area contributed by atoms with Crippen LogP contribution >= 0.6 is 0 Å². The van der Waals surface area contributed by atoms with E-state index >= 15 is 0 Å². The lowest BCUT2D eigenvalue weighted by Crippen LogP contribution is -2.12. The summed E-state index contributed by atoms with van der Waals surface area (Å²) in [7, 11) is 0. The molecule has 22 heavy (non-hydrogen) atoms. The molecule has 0 spiro atoms. The van der Waals surface area contributed by atoms with Gasteiger partial charge in [-0.15, -0.1) is 0 Å². The van der Waals surface area contributed by atoms with Gasteiger partial charge in [0.1, 0.15) is 0 Å². The van der Waals surface area contributed by atoms with E-state index in [4.69, 9.17) is 0 Å². The van der Waals surface area contributed by atoms with Gasteiger partial charge in [0.25, 0.3) is 5.91 Å². The van der Waals surface area contributed by atoms with Gasteiger partial charge in [-0.3, -0.25) is 4.79 Å². The van der Waals surface area contributed by atoms with Gasteiger partial charge in [0.15, 0.2) is 0 Å². The average molecular weight is 293 g/mol. The van der Waals surface area contributed by atoms with Gasteiger partial charge in [-0.05, 0) is 55.5 Å². The molecule has 0 aromatic heterocycles. The Bertz CT molecular complexity index is 622. The summed E-state index contributed by atoms with van der Waals surface area (Å²) in [5, 5.41) is 2.95. The molecule has 0 saturated heterocycles. The minimum absolute atomic E-state index is 0.0425. The van der Waals surface area contributed by atoms with E-state index in [2.05, 4.69) is 17.4 Å². The number of rotatable bonds is 3. The Labute approximate surface area is 132 Å². The Morgan fingerprint density at radius 1 is 0.909 bits per heavy atom. The van der Waals surface area contributed by atoms with Gasteiger partial charge >= 0.3 is 0 Å². The van der Waals surface area contributed by atoms with Crippen molar-refractivity contribution in [2.45, 2.75) is 44.9 Å². The zero-order valence-electron chi connectivity index (χ0n) is 13.1. The number of anilines is 1. The van der Waals surface area contributed by atoms with E-state index in [1.807, 2.05) is 43.3 Å². The van der Waals surface area contributed by atoms with Crippen LogP contribution in [0.5, 0.6) is 0 Å². The fraction of sp³-hybridized carbons (Fsp3) is 0.350. The average Bonchev–Trinajstić information content (AvgIpc) is 2.58. The molecular formula is C20H23NO. The molecule has 3 rings (SSSR count). The maximum atomic E-state index is 12.3. The Morgan fingerprint density at radius 3 is 2.18 bits per heavy atom. The van der Waals surface area contributed by atoms with E-state index < -0.39 is 0 Å². The summed E-state index contributed by atoms with van der Waals surface area (Å²) >= 11 is 0. The van der Waals surface area contributed by atoms with Crippen LogP contribution in [0.3, 0.4) is 0 Å². The minimum atomic E-state index is -0.0425. The fourth-order valence-corrected chi connectivity index (χ4v) is 3.18. The number of carbonyl (C=O) groups excluding carboxylic acids is 1. The van der Waals surface area contributed by atoms with Crippen molar-refractivity contribution < 1.29 is 4.79 Å². The molecule has 1 aliphatic carbocycles. The third-order valence-corrected chi connectivity index (χ3v) is 4.56. The smallest absolute Gasteiger partial charge is 0.255 e. The highest BCUT2D eigenvalue weighted by Gasteiger charge is 2.15. The highest BCUT2D eigenvalue weighted by Crippen LogP contribution is 2.32. The number of nitrogens with one attached hydrogen (secondary N) is 1. The van der Waals surface area contributed by atoms with Crippen molar-refractivity contribution in [3.05, 3.63) is 65.2 Å². The van der Waals surface area contributed by atoms with Gasteiger partial charge < -0.3 is 5.32 Å². The van der Waals surface area contributed by atoms with Crippen LogP contribution in [-0.2, 0) is 0 Å². The standard InChI is InChI=1S/C20H23NO/c1-15-7-13-19(14-8-15)21-20(22)18-11-9-17(10-12-18)16-5-3-2-4-6-16/h7-14,16H,2-6H2,1H3,(H,21,22). The molecule has 1 N–H and O–H groups in total. The molecule has 0 bridgehead atoms.